The molecule has 142 valence electrons. The number of hydrogen-bond donors (Lipinski definition) is 1. The van der Waals surface area contributed by atoms with Gasteiger partial charge >= 0.3 is 0 Å². The number of aryl methyl sites for hydroxylation is 1. The largest absolute Gasteiger partial charge is 0.494 e. The van der Waals surface area contributed by atoms with Crippen LogP contribution in [0.2, 0.25) is 0 Å². The summed E-state index contributed by atoms with van der Waals surface area (Å²) < 4.78 is 5.44. The highest BCUT2D eigenvalue weighted by molar-refractivity contribution is 6.00. The van der Waals surface area contributed by atoms with Crippen molar-refractivity contribution in [2.24, 2.45) is 5.92 Å². The minimum Gasteiger partial charge on any atom is -0.494 e. The second kappa shape index (κ2) is 8.25. The van der Waals surface area contributed by atoms with Crippen LogP contribution in [0, 0.1) is 12.8 Å². The highest BCUT2D eigenvalue weighted by Gasteiger charge is 2.35. The van der Waals surface area contributed by atoms with E-state index in [9.17, 15) is 9.59 Å². The second-order valence-electron chi connectivity index (χ2n) is 6.92. The zero-order chi connectivity index (χ0) is 19.4. The molecule has 1 aliphatic rings. The van der Waals surface area contributed by atoms with Crippen LogP contribution in [0.15, 0.2) is 48.5 Å². The highest BCUT2D eigenvalue weighted by Crippen LogP contribution is 2.27. The number of anilines is 1. The maximum atomic E-state index is 12.7. The number of carbonyl (C=O) groups excluding carboxylic acids is 2. The fourth-order valence-corrected chi connectivity index (χ4v) is 3.50. The Morgan fingerprint density at radius 2 is 1.93 bits per heavy atom. The lowest BCUT2D eigenvalue weighted by molar-refractivity contribution is -0.126. The lowest BCUT2D eigenvalue weighted by atomic mass is 10.0. The molecule has 0 saturated carbocycles. The predicted octanol–water partition coefficient (Wildman–Crippen LogP) is 3.62. The lowest BCUT2D eigenvalue weighted by Gasteiger charge is -2.20. The van der Waals surface area contributed by atoms with E-state index in [-0.39, 0.29) is 30.2 Å². The van der Waals surface area contributed by atoms with Gasteiger partial charge in [0.25, 0.3) is 0 Å². The van der Waals surface area contributed by atoms with E-state index >= 15 is 0 Å². The van der Waals surface area contributed by atoms with Crippen molar-refractivity contribution in [3.05, 3.63) is 59.7 Å². The lowest BCUT2D eigenvalue weighted by Crippen LogP contribution is -2.34. The van der Waals surface area contributed by atoms with Crippen LogP contribution in [-0.2, 0) is 9.59 Å². The molecule has 1 aliphatic heterocycles. The Bertz CT molecular complexity index is 817. The number of carbonyl (C=O) groups is 2. The molecule has 1 heterocycles. The average Bonchev–Trinajstić information content (AvgIpc) is 3.05. The molecule has 5 nitrogen and oxygen atoms in total. The van der Waals surface area contributed by atoms with Crippen molar-refractivity contribution in [3.8, 4) is 5.75 Å². The van der Waals surface area contributed by atoms with Gasteiger partial charge in [-0.3, -0.25) is 9.59 Å². The van der Waals surface area contributed by atoms with Crippen LogP contribution in [0.25, 0.3) is 0 Å². The van der Waals surface area contributed by atoms with E-state index in [0.717, 1.165) is 22.6 Å². The van der Waals surface area contributed by atoms with Crippen molar-refractivity contribution >= 4 is 17.5 Å². The van der Waals surface area contributed by atoms with Crippen molar-refractivity contribution in [1.82, 2.24) is 5.32 Å². The van der Waals surface area contributed by atoms with Gasteiger partial charge in [0.15, 0.2) is 0 Å². The van der Waals surface area contributed by atoms with Crippen molar-refractivity contribution in [2.75, 3.05) is 18.1 Å². The maximum Gasteiger partial charge on any atom is 0.227 e. The average molecular weight is 366 g/mol. The molecule has 0 aromatic heterocycles. The molecule has 0 radical (unpaired) electrons. The minimum absolute atomic E-state index is 0.0251. The number of rotatable bonds is 6. The van der Waals surface area contributed by atoms with Crippen LogP contribution < -0.4 is 15.0 Å². The molecule has 2 aromatic rings. The maximum absolute atomic E-state index is 12.7. The summed E-state index contributed by atoms with van der Waals surface area (Å²) in [7, 11) is 0. The molecule has 3 rings (SSSR count). The number of benzene rings is 2. The standard InChI is InChI=1S/C22H26N2O3/c1-4-27-19-11-9-18(10-12-19)24-14-17(13-21(24)25)22(26)23-16(3)20-8-6-5-7-15(20)2/h5-12,16-17H,4,13-14H2,1-3H3,(H,23,26). The third-order valence-corrected chi connectivity index (χ3v) is 4.97. The van der Waals surface area contributed by atoms with Gasteiger partial charge in [-0.05, 0) is 56.2 Å². The Morgan fingerprint density at radius 1 is 1.22 bits per heavy atom. The number of ether oxygens (including phenoxy) is 1. The van der Waals surface area contributed by atoms with Crippen molar-refractivity contribution in [3.63, 3.8) is 0 Å². The van der Waals surface area contributed by atoms with Crippen molar-refractivity contribution < 1.29 is 14.3 Å². The van der Waals surface area contributed by atoms with Crippen molar-refractivity contribution in [2.45, 2.75) is 33.2 Å². The third-order valence-electron chi connectivity index (χ3n) is 4.97. The van der Waals surface area contributed by atoms with Crippen LogP contribution in [-0.4, -0.2) is 25.0 Å². The topological polar surface area (TPSA) is 58.6 Å². The summed E-state index contributed by atoms with van der Waals surface area (Å²) in [6.45, 7) is 6.94. The Balaban J connectivity index is 1.64. The molecule has 0 aliphatic carbocycles. The monoisotopic (exact) mass is 366 g/mol. The summed E-state index contributed by atoms with van der Waals surface area (Å²) in [4.78, 5) is 26.8. The van der Waals surface area contributed by atoms with Crippen LogP contribution in [0.3, 0.4) is 0 Å². The molecule has 1 fully saturated rings. The van der Waals surface area contributed by atoms with E-state index in [2.05, 4.69) is 5.32 Å². The van der Waals surface area contributed by atoms with Gasteiger partial charge in [-0.2, -0.15) is 0 Å². The van der Waals surface area contributed by atoms with Crippen molar-refractivity contribution in [1.29, 1.82) is 0 Å². The summed E-state index contributed by atoms with van der Waals surface area (Å²) in [6, 6.07) is 15.3. The fourth-order valence-electron chi connectivity index (χ4n) is 3.50. The van der Waals surface area contributed by atoms with Gasteiger partial charge in [-0.15, -0.1) is 0 Å². The second-order valence-corrected chi connectivity index (χ2v) is 6.92. The molecule has 2 unspecified atom stereocenters. The van der Waals surface area contributed by atoms with Gasteiger partial charge in [0.05, 0.1) is 18.6 Å². The van der Waals surface area contributed by atoms with E-state index in [1.54, 1.807) is 4.90 Å². The fraction of sp³-hybridized carbons (Fsp3) is 0.364. The molecular formula is C22H26N2O3. The van der Waals surface area contributed by atoms with Gasteiger partial charge in [0.1, 0.15) is 5.75 Å². The third kappa shape index (κ3) is 4.30. The minimum atomic E-state index is -0.337. The molecule has 0 bridgehead atoms. The van der Waals surface area contributed by atoms with Gasteiger partial charge < -0.3 is 15.0 Å². The summed E-state index contributed by atoms with van der Waals surface area (Å²) in [5.41, 5.74) is 3.04. The number of amides is 2. The van der Waals surface area contributed by atoms with E-state index in [1.165, 1.54) is 0 Å². The summed E-state index contributed by atoms with van der Waals surface area (Å²) >= 11 is 0. The zero-order valence-electron chi connectivity index (χ0n) is 16.1. The van der Waals surface area contributed by atoms with Gasteiger partial charge in [-0.25, -0.2) is 0 Å². The molecule has 1 N–H and O–H groups in total. The molecule has 2 atom stereocenters. The first-order valence-corrected chi connectivity index (χ1v) is 9.38. The number of hydrogen-bond acceptors (Lipinski definition) is 3. The molecule has 1 saturated heterocycles. The first-order valence-electron chi connectivity index (χ1n) is 9.38. The van der Waals surface area contributed by atoms with E-state index in [0.29, 0.717) is 13.2 Å². The first kappa shape index (κ1) is 19.0. The van der Waals surface area contributed by atoms with Crippen LogP contribution in [0.5, 0.6) is 5.75 Å². The normalized spacial score (nSPS) is 17.7. The summed E-state index contributed by atoms with van der Waals surface area (Å²) in [5, 5.41) is 3.06. The molecule has 27 heavy (non-hydrogen) atoms. The van der Waals surface area contributed by atoms with E-state index < -0.39 is 0 Å². The Kier molecular flexibility index (Phi) is 5.79. The summed E-state index contributed by atoms with van der Waals surface area (Å²) in [6.07, 6.45) is 0.236. The molecule has 0 spiro atoms. The number of nitrogens with one attached hydrogen (secondary N) is 1. The SMILES string of the molecule is CCOc1ccc(N2CC(C(=O)NC(C)c3ccccc3C)CC2=O)cc1. The Hall–Kier alpha value is -2.82. The van der Waals surface area contributed by atoms with Gasteiger partial charge in [-0.1, -0.05) is 24.3 Å². The summed E-state index contributed by atoms with van der Waals surface area (Å²) in [5.74, 6) is 0.333. The Labute approximate surface area is 160 Å². The van der Waals surface area contributed by atoms with E-state index in [4.69, 9.17) is 4.74 Å². The quantitative estimate of drug-likeness (QED) is 0.849. The number of nitrogens with zero attached hydrogens (tertiary/aromatic N) is 1. The predicted molar refractivity (Wildman–Crippen MR) is 106 cm³/mol. The zero-order valence-corrected chi connectivity index (χ0v) is 16.1. The van der Waals surface area contributed by atoms with Crippen LogP contribution in [0.4, 0.5) is 5.69 Å². The van der Waals surface area contributed by atoms with Gasteiger partial charge in [0.2, 0.25) is 11.8 Å². The first-order chi connectivity index (χ1) is 13.0. The smallest absolute Gasteiger partial charge is 0.227 e. The molecule has 2 aromatic carbocycles. The van der Waals surface area contributed by atoms with Crippen LogP contribution >= 0.6 is 0 Å². The molecule has 2 amide bonds. The molecule has 5 heteroatoms. The van der Waals surface area contributed by atoms with E-state index in [1.807, 2.05) is 69.3 Å². The van der Waals surface area contributed by atoms with Gasteiger partial charge in [0, 0.05) is 18.7 Å². The molecular weight excluding hydrogens is 340 g/mol. The van der Waals surface area contributed by atoms with Crippen LogP contribution in [0.1, 0.15) is 37.4 Å². The Morgan fingerprint density at radius 3 is 2.59 bits per heavy atom. The highest BCUT2D eigenvalue weighted by atomic mass is 16.5.